The van der Waals surface area contributed by atoms with Crippen molar-refractivity contribution in [2.75, 3.05) is 19.0 Å². The van der Waals surface area contributed by atoms with Gasteiger partial charge in [-0.3, -0.25) is 9.59 Å². The van der Waals surface area contributed by atoms with E-state index in [1.165, 1.54) is 0 Å². The molecule has 3 rings (SSSR count). The van der Waals surface area contributed by atoms with Gasteiger partial charge in [-0.25, -0.2) is 0 Å². The predicted molar refractivity (Wildman–Crippen MR) is 94.2 cm³/mol. The molecule has 1 heterocycles. The van der Waals surface area contributed by atoms with Gasteiger partial charge in [-0.2, -0.15) is 0 Å². The van der Waals surface area contributed by atoms with Gasteiger partial charge < -0.3 is 20.1 Å². The average Bonchev–Trinajstić information content (AvgIpc) is 2.61. The lowest BCUT2D eigenvalue weighted by molar-refractivity contribution is -0.118. The number of rotatable bonds is 4. The molecule has 0 spiro atoms. The molecule has 25 heavy (non-hydrogen) atoms. The molecule has 2 aromatic carbocycles. The highest BCUT2D eigenvalue weighted by Gasteiger charge is 2.20. The van der Waals surface area contributed by atoms with Crippen molar-refractivity contribution in [1.82, 2.24) is 5.32 Å². The van der Waals surface area contributed by atoms with Crippen molar-refractivity contribution < 1.29 is 19.1 Å². The molecule has 0 bridgehead atoms. The first-order valence-electron chi connectivity index (χ1n) is 8.00. The van der Waals surface area contributed by atoms with Crippen LogP contribution in [-0.4, -0.2) is 25.5 Å². The highest BCUT2D eigenvalue weighted by atomic mass is 16.5. The molecule has 0 aromatic heterocycles. The standard InChI is InChI=1S/C19H20N2O4/c1-11-4-7-16(24-3)14(8-11)12(2)20-19(23)13-5-6-15-17(9-13)25-10-18(22)21-15/h4-9,12H,10H2,1-3H3,(H,20,23)(H,21,22)/t12-/m0/s1. The Bertz CT molecular complexity index is 832. The van der Waals surface area contributed by atoms with E-state index in [1.54, 1.807) is 25.3 Å². The number of nitrogens with one attached hydrogen (secondary N) is 2. The van der Waals surface area contributed by atoms with E-state index < -0.39 is 0 Å². The molecule has 2 amide bonds. The van der Waals surface area contributed by atoms with Gasteiger partial charge in [0.05, 0.1) is 18.8 Å². The first-order valence-corrected chi connectivity index (χ1v) is 8.00. The average molecular weight is 340 g/mol. The number of benzene rings is 2. The Morgan fingerprint density at radius 2 is 2.08 bits per heavy atom. The fourth-order valence-electron chi connectivity index (χ4n) is 2.77. The molecule has 1 aliphatic rings. The van der Waals surface area contributed by atoms with Gasteiger partial charge in [0.25, 0.3) is 11.8 Å². The largest absolute Gasteiger partial charge is 0.496 e. The van der Waals surface area contributed by atoms with Gasteiger partial charge >= 0.3 is 0 Å². The Kier molecular flexibility index (Phi) is 4.61. The van der Waals surface area contributed by atoms with Crippen LogP contribution < -0.4 is 20.1 Å². The fraction of sp³-hybridized carbons (Fsp3) is 0.263. The van der Waals surface area contributed by atoms with Crippen LogP contribution in [0.5, 0.6) is 11.5 Å². The lowest BCUT2D eigenvalue weighted by Crippen LogP contribution is -2.28. The lowest BCUT2D eigenvalue weighted by atomic mass is 10.0. The molecule has 6 nitrogen and oxygen atoms in total. The summed E-state index contributed by atoms with van der Waals surface area (Å²) in [6.07, 6.45) is 0. The van der Waals surface area contributed by atoms with E-state index in [0.717, 1.165) is 16.9 Å². The van der Waals surface area contributed by atoms with Gasteiger partial charge in [0.15, 0.2) is 6.61 Å². The molecule has 0 aliphatic carbocycles. The smallest absolute Gasteiger partial charge is 0.262 e. The van der Waals surface area contributed by atoms with Crippen molar-refractivity contribution >= 4 is 17.5 Å². The summed E-state index contributed by atoms with van der Waals surface area (Å²) < 4.78 is 10.7. The second kappa shape index (κ2) is 6.84. The first kappa shape index (κ1) is 16.8. The third kappa shape index (κ3) is 3.57. The van der Waals surface area contributed by atoms with Crippen molar-refractivity contribution in [1.29, 1.82) is 0 Å². The van der Waals surface area contributed by atoms with E-state index in [0.29, 0.717) is 17.0 Å². The molecular weight excluding hydrogens is 320 g/mol. The number of carbonyl (C=O) groups excluding carboxylic acids is 2. The maximum Gasteiger partial charge on any atom is 0.262 e. The molecule has 1 aliphatic heterocycles. The number of methoxy groups -OCH3 is 1. The number of hydrogen-bond acceptors (Lipinski definition) is 4. The molecule has 2 N–H and O–H groups in total. The summed E-state index contributed by atoms with van der Waals surface area (Å²) >= 11 is 0. The summed E-state index contributed by atoms with van der Waals surface area (Å²) in [5.41, 5.74) is 3.04. The fourth-order valence-corrected chi connectivity index (χ4v) is 2.77. The van der Waals surface area contributed by atoms with Crippen LogP contribution in [-0.2, 0) is 4.79 Å². The molecule has 0 saturated carbocycles. The lowest BCUT2D eigenvalue weighted by Gasteiger charge is -2.20. The van der Waals surface area contributed by atoms with Gasteiger partial charge in [-0.15, -0.1) is 0 Å². The number of ether oxygens (including phenoxy) is 2. The van der Waals surface area contributed by atoms with E-state index in [4.69, 9.17) is 9.47 Å². The van der Waals surface area contributed by atoms with Crippen LogP contribution in [0.2, 0.25) is 0 Å². The first-order chi connectivity index (χ1) is 12.0. The van der Waals surface area contributed by atoms with E-state index in [-0.39, 0.29) is 24.5 Å². The molecule has 0 saturated heterocycles. The zero-order valence-corrected chi connectivity index (χ0v) is 14.4. The molecule has 0 fully saturated rings. The molecule has 130 valence electrons. The second-order valence-corrected chi connectivity index (χ2v) is 5.99. The topological polar surface area (TPSA) is 76.7 Å². The summed E-state index contributed by atoms with van der Waals surface area (Å²) in [5.74, 6) is 0.798. The van der Waals surface area contributed by atoms with Crippen LogP contribution in [0, 0.1) is 6.92 Å². The van der Waals surface area contributed by atoms with Crippen LogP contribution in [0.4, 0.5) is 5.69 Å². The van der Waals surface area contributed by atoms with Crippen LogP contribution in [0.15, 0.2) is 36.4 Å². The molecule has 2 aromatic rings. The summed E-state index contributed by atoms with van der Waals surface area (Å²) in [4.78, 5) is 23.9. The highest BCUT2D eigenvalue weighted by Crippen LogP contribution is 2.29. The van der Waals surface area contributed by atoms with Crippen LogP contribution >= 0.6 is 0 Å². The summed E-state index contributed by atoms with van der Waals surface area (Å²) in [6.45, 7) is 3.85. The van der Waals surface area contributed by atoms with E-state index in [9.17, 15) is 9.59 Å². The number of fused-ring (bicyclic) bond motifs is 1. The minimum Gasteiger partial charge on any atom is -0.496 e. The van der Waals surface area contributed by atoms with Gasteiger partial charge in [-0.05, 0) is 38.1 Å². The minimum atomic E-state index is -0.223. The van der Waals surface area contributed by atoms with Crippen molar-refractivity contribution in [2.45, 2.75) is 19.9 Å². The molecule has 6 heteroatoms. The zero-order valence-electron chi connectivity index (χ0n) is 14.4. The Balaban J connectivity index is 1.78. The van der Waals surface area contributed by atoms with Crippen LogP contribution in [0.1, 0.15) is 34.5 Å². The minimum absolute atomic E-state index is 0.0467. The number of amides is 2. The molecular formula is C19H20N2O4. The van der Waals surface area contributed by atoms with Crippen molar-refractivity contribution in [2.24, 2.45) is 0 Å². The van der Waals surface area contributed by atoms with Gasteiger partial charge in [-0.1, -0.05) is 17.7 Å². The molecule has 0 unspecified atom stereocenters. The van der Waals surface area contributed by atoms with Crippen molar-refractivity contribution in [3.05, 3.63) is 53.1 Å². The van der Waals surface area contributed by atoms with E-state index in [1.807, 2.05) is 32.0 Å². The number of aryl methyl sites for hydroxylation is 1. The monoisotopic (exact) mass is 340 g/mol. The SMILES string of the molecule is COc1ccc(C)cc1[C@H](C)NC(=O)c1ccc2c(c1)OCC(=O)N2. The Morgan fingerprint density at radius 1 is 1.28 bits per heavy atom. The Morgan fingerprint density at radius 3 is 2.84 bits per heavy atom. The van der Waals surface area contributed by atoms with Crippen molar-refractivity contribution in [3.8, 4) is 11.5 Å². The quantitative estimate of drug-likeness (QED) is 0.897. The van der Waals surface area contributed by atoms with Gasteiger partial charge in [0.2, 0.25) is 0 Å². The highest BCUT2D eigenvalue weighted by molar-refractivity contribution is 5.99. The van der Waals surface area contributed by atoms with Gasteiger partial charge in [0, 0.05) is 11.1 Å². The normalized spacial score (nSPS) is 14.0. The van der Waals surface area contributed by atoms with Crippen molar-refractivity contribution in [3.63, 3.8) is 0 Å². The number of carbonyl (C=O) groups is 2. The number of anilines is 1. The van der Waals surface area contributed by atoms with Crippen LogP contribution in [0.3, 0.4) is 0 Å². The maximum atomic E-state index is 12.6. The third-order valence-corrected chi connectivity index (χ3v) is 4.08. The van der Waals surface area contributed by atoms with Crippen LogP contribution in [0.25, 0.3) is 0 Å². The summed E-state index contributed by atoms with van der Waals surface area (Å²) in [6, 6.07) is 10.6. The number of hydrogen-bond donors (Lipinski definition) is 2. The zero-order chi connectivity index (χ0) is 18.0. The summed E-state index contributed by atoms with van der Waals surface area (Å²) in [7, 11) is 1.61. The van der Waals surface area contributed by atoms with E-state index >= 15 is 0 Å². The third-order valence-electron chi connectivity index (χ3n) is 4.08. The Labute approximate surface area is 146 Å². The maximum absolute atomic E-state index is 12.6. The van der Waals surface area contributed by atoms with Gasteiger partial charge in [0.1, 0.15) is 11.5 Å². The van der Waals surface area contributed by atoms with E-state index in [2.05, 4.69) is 10.6 Å². The summed E-state index contributed by atoms with van der Waals surface area (Å²) in [5, 5.41) is 5.67. The second-order valence-electron chi connectivity index (χ2n) is 5.99. The Hall–Kier alpha value is -3.02. The molecule has 1 atom stereocenters. The molecule has 0 radical (unpaired) electrons. The predicted octanol–water partition coefficient (Wildman–Crippen LogP) is 2.83.